The van der Waals surface area contributed by atoms with Crippen molar-refractivity contribution in [3.8, 4) is 0 Å². The fraction of sp³-hybridized carbons (Fsp3) is 0.483. The summed E-state index contributed by atoms with van der Waals surface area (Å²) in [5, 5.41) is 2.96. The minimum absolute atomic E-state index is 0.118. The molecule has 2 unspecified atom stereocenters. The van der Waals surface area contributed by atoms with Crippen LogP contribution in [0.3, 0.4) is 0 Å². The molecule has 2 aromatic carbocycles. The van der Waals surface area contributed by atoms with E-state index in [0.29, 0.717) is 38.5 Å². The van der Waals surface area contributed by atoms with Crippen molar-refractivity contribution >= 4 is 17.7 Å². The Morgan fingerprint density at radius 1 is 1.08 bits per heavy atom. The molecule has 3 aliphatic rings. The molecule has 0 saturated carbocycles. The number of benzene rings is 2. The zero-order chi connectivity index (χ0) is 27.0. The van der Waals surface area contributed by atoms with Crippen molar-refractivity contribution in [2.24, 2.45) is 11.8 Å². The van der Waals surface area contributed by atoms with Gasteiger partial charge in [-0.3, -0.25) is 14.4 Å². The first-order valence-corrected chi connectivity index (χ1v) is 13.3. The summed E-state index contributed by atoms with van der Waals surface area (Å²) in [5.41, 5.74) is 2.13. The van der Waals surface area contributed by atoms with Gasteiger partial charge in [-0.2, -0.15) is 0 Å². The van der Waals surface area contributed by atoms with Crippen molar-refractivity contribution in [1.29, 1.82) is 0 Å². The first-order chi connectivity index (χ1) is 18.3. The molecule has 2 aromatic rings. The Morgan fingerprint density at radius 2 is 1.74 bits per heavy atom. The number of piperazine rings is 1. The van der Waals surface area contributed by atoms with Gasteiger partial charge in [-0.15, -0.1) is 0 Å². The van der Waals surface area contributed by atoms with E-state index in [-0.39, 0.29) is 36.4 Å². The second-order valence-electron chi connectivity index (χ2n) is 10.5. The Balaban J connectivity index is 1.58. The zero-order valence-corrected chi connectivity index (χ0v) is 21.7. The highest BCUT2D eigenvalue weighted by Gasteiger charge is 2.51. The Kier molecular flexibility index (Phi) is 7.47. The number of carbonyl (C=O) groups is 3. The summed E-state index contributed by atoms with van der Waals surface area (Å²) in [4.78, 5) is 44.9. The molecular weight excluding hydrogens is 492 g/mol. The number of nitrogens with one attached hydrogen (secondary N) is 1. The number of fused-ring (bicyclic) bond motifs is 1. The number of ether oxygens (including phenoxy) is 1. The SMILES string of the molecule is CC[C@H](C)[C@@H]1C(=O)NC(C2Cc3ccccc3C2)C(=O)N1C(C(=O)N1CCOCC1)c1ccc(F)cc1F. The van der Waals surface area contributed by atoms with E-state index in [4.69, 9.17) is 4.74 Å². The van der Waals surface area contributed by atoms with Crippen LogP contribution in [-0.2, 0) is 32.0 Å². The lowest BCUT2D eigenvalue weighted by atomic mass is 9.85. The predicted molar refractivity (Wildman–Crippen MR) is 136 cm³/mol. The van der Waals surface area contributed by atoms with E-state index in [1.165, 1.54) is 15.9 Å². The van der Waals surface area contributed by atoms with Gasteiger partial charge >= 0.3 is 0 Å². The minimum atomic E-state index is -1.41. The van der Waals surface area contributed by atoms with Crippen LogP contribution >= 0.6 is 0 Å². The van der Waals surface area contributed by atoms with Crippen molar-refractivity contribution in [2.45, 2.75) is 51.2 Å². The molecule has 5 rings (SSSR count). The van der Waals surface area contributed by atoms with E-state index in [9.17, 15) is 18.8 Å². The van der Waals surface area contributed by atoms with E-state index in [1.807, 2.05) is 38.1 Å². The lowest BCUT2D eigenvalue weighted by Gasteiger charge is -2.47. The second kappa shape index (κ2) is 10.8. The molecule has 0 radical (unpaired) electrons. The van der Waals surface area contributed by atoms with Gasteiger partial charge in [0.05, 0.1) is 13.2 Å². The van der Waals surface area contributed by atoms with E-state index in [1.54, 1.807) is 0 Å². The average molecular weight is 526 g/mol. The van der Waals surface area contributed by atoms with Crippen LogP contribution < -0.4 is 5.32 Å². The number of hydrogen-bond acceptors (Lipinski definition) is 4. The Hall–Kier alpha value is -3.33. The molecule has 4 atom stereocenters. The predicted octanol–water partition coefficient (Wildman–Crippen LogP) is 3.02. The van der Waals surface area contributed by atoms with E-state index < -0.39 is 41.6 Å². The Labute approximate surface area is 221 Å². The summed E-state index contributed by atoms with van der Waals surface area (Å²) >= 11 is 0. The van der Waals surface area contributed by atoms with Crippen molar-refractivity contribution in [3.05, 3.63) is 70.8 Å². The number of halogens is 2. The lowest BCUT2D eigenvalue weighted by molar-refractivity contribution is -0.163. The van der Waals surface area contributed by atoms with Gasteiger partial charge in [0, 0.05) is 24.7 Å². The lowest BCUT2D eigenvalue weighted by Crippen LogP contribution is -2.68. The van der Waals surface area contributed by atoms with Crippen LogP contribution in [0.1, 0.15) is 43.0 Å². The third kappa shape index (κ3) is 4.79. The van der Waals surface area contributed by atoms with Gasteiger partial charge in [-0.1, -0.05) is 50.6 Å². The molecule has 1 aliphatic carbocycles. The van der Waals surface area contributed by atoms with Crippen molar-refractivity contribution in [2.75, 3.05) is 26.3 Å². The highest BCUT2D eigenvalue weighted by molar-refractivity contribution is 6.00. The van der Waals surface area contributed by atoms with Crippen LogP contribution in [0.15, 0.2) is 42.5 Å². The maximum absolute atomic E-state index is 15.3. The number of carbonyl (C=O) groups excluding carboxylic acids is 3. The van der Waals surface area contributed by atoms with E-state index in [2.05, 4.69) is 5.32 Å². The van der Waals surface area contributed by atoms with Crippen LogP contribution in [0.25, 0.3) is 0 Å². The largest absolute Gasteiger partial charge is 0.378 e. The molecule has 2 saturated heterocycles. The molecule has 0 spiro atoms. The number of amides is 3. The molecule has 0 bridgehead atoms. The maximum atomic E-state index is 15.3. The number of hydrogen-bond donors (Lipinski definition) is 1. The summed E-state index contributed by atoms with van der Waals surface area (Å²) in [6.07, 6.45) is 1.79. The summed E-state index contributed by atoms with van der Waals surface area (Å²) in [6.45, 7) is 4.93. The summed E-state index contributed by atoms with van der Waals surface area (Å²) in [5.74, 6) is -3.48. The van der Waals surface area contributed by atoms with Crippen LogP contribution in [0.2, 0.25) is 0 Å². The third-order valence-corrected chi connectivity index (χ3v) is 8.22. The Bertz CT molecular complexity index is 1210. The minimum Gasteiger partial charge on any atom is -0.378 e. The van der Waals surface area contributed by atoms with Gasteiger partial charge in [0.1, 0.15) is 29.8 Å². The number of rotatable bonds is 6. The molecular formula is C29H33F2N3O4. The van der Waals surface area contributed by atoms with Gasteiger partial charge in [-0.05, 0) is 41.9 Å². The maximum Gasteiger partial charge on any atom is 0.250 e. The fourth-order valence-corrected chi connectivity index (χ4v) is 6.00. The van der Waals surface area contributed by atoms with E-state index in [0.717, 1.165) is 17.2 Å². The van der Waals surface area contributed by atoms with Crippen LogP contribution in [0, 0.1) is 23.5 Å². The van der Waals surface area contributed by atoms with Crippen molar-refractivity contribution in [3.63, 3.8) is 0 Å². The number of nitrogens with zero attached hydrogens (tertiary/aromatic N) is 2. The zero-order valence-electron chi connectivity index (χ0n) is 21.7. The molecule has 202 valence electrons. The van der Waals surface area contributed by atoms with Crippen LogP contribution in [-0.4, -0.2) is 65.9 Å². The van der Waals surface area contributed by atoms with Crippen LogP contribution in [0.5, 0.6) is 0 Å². The fourth-order valence-electron chi connectivity index (χ4n) is 6.00. The normalized spacial score (nSPS) is 23.7. The van der Waals surface area contributed by atoms with Crippen molar-refractivity contribution in [1.82, 2.24) is 15.1 Å². The van der Waals surface area contributed by atoms with E-state index >= 15 is 4.39 Å². The molecule has 2 aliphatic heterocycles. The average Bonchev–Trinajstić information content (AvgIpc) is 3.35. The standard InChI is InChI=1S/C29H33F2N3O4/c1-3-17(2)25-27(35)32-24(20-14-18-6-4-5-7-19(18)15-20)28(36)34(25)26(22-9-8-21(30)16-23(22)31)29(37)33-10-12-38-13-11-33/h4-9,16-17,20,24-26H,3,10-15H2,1-2H3,(H,32,35)/t17-,24?,25+,26?/m0/s1. The molecule has 2 heterocycles. The highest BCUT2D eigenvalue weighted by Crippen LogP contribution is 2.37. The molecule has 38 heavy (non-hydrogen) atoms. The molecule has 1 N–H and O–H groups in total. The third-order valence-electron chi connectivity index (χ3n) is 8.22. The topological polar surface area (TPSA) is 79.0 Å². The first kappa shape index (κ1) is 26.3. The quantitative estimate of drug-likeness (QED) is 0.629. The molecule has 3 amide bonds. The van der Waals surface area contributed by atoms with Gasteiger partial charge in [0.15, 0.2) is 0 Å². The first-order valence-electron chi connectivity index (χ1n) is 13.3. The van der Waals surface area contributed by atoms with Crippen molar-refractivity contribution < 1.29 is 27.9 Å². The van der Waals surface area contributed by atoms with Gasteiger partial charge in [0.25, 0.3) is 0 Å². The summed E-state index contributed by atoms with van der Waals surface area (Å²) in [6, 6.07) is 7.68. The molecule has 7 nitrogen and oxygen atoms in total. The summed E-state index contributed by atoms with van der Waals surface area (Å²) < 4.78 is 34.6. The number of morpholine rings is 1. The van der Waals surface area contributed by atoms with Gasteiger partial charge in [-0.25, -0.2) is 8.78 Å². The molecule has 2 fully saturated rings. The molecule has 0 aromatic heterocycles. The summed E-state index contributed by atoms with van der Waals surface area (Å²) in [7, 11) is 0. The monoisotopic (exact) mass is 525 g/mol. The second-order valence-corrected chi connectivity index (χ2v) is 10.5. The smallest absolute Gasteiger partial charge is 0.250 e. The van der Waals surface area contributed by atoms with Gasteiger partial charge in [0.2, 0.25) is 17.7 Å². The highest BCUT2D eigenvalue weighted by atomic mass is 19.1. The Morgan fingerprint density at radius 3 is 2.34 bits per heavy atom. The van der Waals surface area contributed by atoms with Gasteiger partial charge < -0.3 is 19.9 Å². The van der Waals surface area contributed by atoms with Crippen LogP contribution in [0.4, 0.5) is 8.78 Å². The molecule has 9 heteroatoms.